The first-order valence-electron chi connectivity index (χ1n) is 3.38. The van der Waals surface area contributed by atoms with Crippen LogP contribution in [0.2, 0.25) is 0 Å². The molecule has 0 rings (SSSR count). The Morgan fingerprint density at radius 2 is 1.00 bits per heavy atom. The van der Waals surface area contributed by atoms with Crippen molar-refractivity contribution in [1.29, 1.82) is 0 Å². The summed E-state index contributed by atoms with van der Waals surface area (Å²) in [6.07, 6.45) is -19.3. The monoisotopic (exact) mass is 276 g/mol. The quantitative estimate of drug-likeness (QED) is 0.590. The first-order chi connectivity index (χ1) is 7.19. The summed E-state index contributed by atoms with van der Waals surface area (Å²) in [6, 6.07) is 0. The second kappa shape index (κ2) is 4.11. The number of carboxylic acid groups (broad SMARTS) is 1. The van der Waals surface area contributed by atoms with E-state index in [4.69, 9.17) is 5.11 Å². The van der Waals surface area contributed by atoms with Gasteiger partial charge in [-0.3, -0.25) is 0 Å². The first kappa shape index (κ1) is 15.6. The second-order valence-electron chi connectivity index (χ2n) is 2.55. The Kier molecular flexibility index (Phi) is 3.77. The highest BCUT2D eigenvalue weighted by Gasteiger charge is 2.59. The van der Waals surface area contributed by atoms with Gasteiger partial charge in [-0.15, -0.1) is 0 Å². The summed E-state index contributed by atoms with van der Waals surface area (Å²) >= 11 is 0. The summed E-state index contributed by atoms with van der Waals surface area (Å²) in [6.45, 7) is 0. The molecule has 0 amide bonds. The number of rotatable bonds is 1. The molecule has 0 unspecified atom stereocenters. The number of alkyl halides is 9. The van der Waals surface area contributed by atoms with Crippen molar-refractivity contribution in [3.8, 4) is 0 Å². The Morgan fingerprint density at radius 3 is 1.06 bits per heavy atom. The van der Waals surface area contributed by atoms with Crippen LogP contribution in [0.5, 0.6) is 0 Å². The lowest BCUT2D eigenvalue weighted by Crippen LogP contribution is -2.35. The molecule has 0 aliphatic rings. The molecular formula is C6HF9O2. The zero-order valence-corrected chi connectivity index (χ0v) is 7.26. The fraction of sp³-hybridized carbons (Fsp3) is 0.500. The van der Waals surface area contributed by atoms with Crippen molar-refractivity contribution in [2.24, 2.45) is 0 Å². The normalized spacial score (nSPS) is 13.5. The number of allylic oxidation sites excluding steroid dienone is 1. The van der Waals surface area contributed by atoms with E-state index in [1.807, 2.05) is 0 Å². The molecule has 11 heteroatoms. The summed E-state index contributed by atoms with van der Waals surface area (Å²) in [5, 5.41) is 7.83. The van der Waals surface area contributed by atoms with Gasteiger partial charge in [-0.05, 0) is 0 Å². The van der Waals surface area contributed by atoms with Crippen molar-refractivity contribution in [3.05, 3.63) is 11.1 Å². The molecule has 0 aromatic carbocycles. The standard InChI is InChI=1S/C6HF9O2/c7-4(8,9)1(3(16)17)2(5(10,11)12)6(13,14)15/h(H,16,17). The summed E-state index contributed by atoms with van der Waals surface area (Å²) in [7, 11) is 0. The third-order valence-corrected chi connectivity index (χ3v) is 1.31. The van der Waals surface area contributed by atoms with E-state index >= 15 is 0 Å². The van der Waals surface area contributed by atoms with Gasteiger partial charge in [0, 0.05) is 0 Å². The molecule has 0 bridgehead atoms. The zero-order valence-electron chi connectivity index (χ0n) is 7.26. The highest BCUT2D eigenvalue weighted by Crippen LogP contribution is 2.44. The van der Waals surface area contributed by atoms with E-state index in [0.717, 1.165) is 0 Å². The van der Waals surface area contributed by atoms with Gasteiger partial charge >= 0.3 is 24.5 Å². The average molecular weight is 276 g/mol. The van der Waals surface area contributed by atoms with Crippen LogP contribution in [0.15, 0.2) is 11.1 Å². The van der Waals surface area contributed by atoms with Gasteiger partial charge in [0.1, 0.15) is 0 Å². The summed E-state index contributed by atoms with van der Waals surface area (Å²) in [5.41, 5.74) is -7.79. The molecule has 0 aliphatic carbocycles. The van der Waals surface area contributed by atoms with Gasteiger partial charge in [-0.1, -0.05) is 0 Å². The molecule has 0 aliphatic heterocycles. The van der Waals surface area contributed by atoms with Crippen LogP contribution in [0.1, 0.15) is 0 Å². The number of aliphatic carboxylic acids is 1. The van der Waals surface area contributed by atoms with Gasteiger partial charge in [0.25, 0.3) is 0 Å². The largest absolute Gasteiger partial charge is 0.478 e. The van der Waals surface area contributed by atoms with E-state index in [9.17, 15) is 44.3 Å². The zero-order chi connectivity index (χ0) is 14.2. The van der Waals surface area contributed by atoms with Gasteiger partial charge in [0.2, 0.25) is 0 Å². The van der Waals surface area contributed by atoms with E-state index in [0.29, 0.717) is 0 Å². The molecule has 0 aromatic heterocycles. The van der Waals surface area contributed by atoms with Crippen molar-refractivity contribution in [2.75, 3.05) is 0 Å². The molecule has 0 radical (unpaired) electrons. The smallest absolute Gasteiger partial charge is 0.424 e. The van der Waals surface area contributed by atoms with Crippen LogP contribution < -0.4 is 0 Å². The number of halogens is 9. The maximum absolute atomic E-state index is 11.8. The lowest BCUT2D eigenvalue weighted by molar-refractivity contribution is -0.185. The third-order valence-electron chi connectivity index (χ3n) is 1.31. The van der Waals surface area contributed by atoms with Crippen molar-refractivity contribution >= 4 is 5.97 Å². The summed E-state index contributed by atoms with van der Waals surface area (Å²) in [4.78, 5) is 9.90. The molecule has 2 nitrogen and oxygen atoms in total. The molecule has 0 fully saturated rings. The molecule has 1 N–H and O–H groups in total. The predicted molar refractivity (Wildman–Crippen MR) is 32.8 cm³/mol. The van der Waals surface area contributed by atoms with Gasteiger partial charge in [-0.2, -0.15) is 39.5 Å². The predicted octanol–water partition coefficient (Wildman–Crippen LogP) is 3.05. The van der Waals surface area contributed by atoms with Crippen molar-refractivity contribution in [2.45, 2.75) is 18.5 Å². The lowest BCUT2D eigenvalue weighted by atomic mass is 10.1. The Bertz CT molecular complexity index is 326. The minimum absolute atomic E-state index is 3.36. The Hall–Kier alpha value is -1.42. The van der Waals surface area contributed by atoms with Crippen molar-refractivity contribution in [1.82, 2.24) is 0 Å². The first-order valence-corrected chi connectivity index (χ1v) is 3.38. The van der Waals surface area contributed by atoms with Crippen LogP contribution in [0.25, 0.3) is 0 Å². The molecular weight excluding hydrogens is 275 g/mol. The number of carboxylic acids is 1. The van der Waals surface area contributed by atoms with Gasteiger partial charge in [-0.25, -0.2) is 4.79 Å². The van der Waals surface area contributed by atoms with E-state index in [1.54, 1.807) is 0 Å². The molecule has 100 valence electrons. The SMILES string of the molecule is O=C(O)C(=C(C(F)(F)F)C(F)(F)F)C(F)(F)F. The molecule has 0 saturated heterocycles. The van der Waals surface area contributed by atoms with Crippen LogP contribution in [-0.4, -0.2) is 29.6 Å². The summed E-state index contributed by atoms with van der Waals surface area (Å²) in [5.74, 6) is -3.36. The Labute approximate surface area is 86.3 Å². The highest BCUT2D eigenvalue weighted by molar-refractivity contribution is 5.89. The fourth-order valence-electron chi connectivity index (χ4n) is 0.814. The minimum Gasteiger partial charge on any atom is -0.478 e. The molecule has 0 atom stereocenters. The van der Waals surface area contributed by atoms with Gasteiger partial charge in [0.05, 0.1) is 0 Å². The number of hydrogen-bond donors (Lipinski definition) is 1. The van der Waals surface area contributed by atoms with Crippen LogP contribution in [-0.2, 0) is 4.79 Å². The maximum Gasteiger partial charge on any atom is 0.424 e. The van der Waals surface area contributed by atoms with E-state index in [-0.39, 0.29) is 0 Å². The summed E-state index contributed by atoms with van der Waals surface area (Å²) < 4.78 is 106. The molecule has 0 saturated carbocycles. The second-order valence-corrected chi connectivity index (χ2v) is 2.55. The van der Waals surface area contributed by atoms with Crippen molar-refractivity contribution in [3.63, 3.8) is 0 Å². The molecule has 0 heterocycles. The lowest BCUT2D eigenvalue weighted by Gasteiger charge is -2.19. The number of hydrogen-bond acceptors (Lipinski definition) is 1. The van der Waals surface area contributed by atoms with Gasteiger partial charge in [0.15, 0.2) is 11.1 Å². The van der Waals surface area contributed by atoms with E-state index in [2.05, 4.69) is 0 Å². The number of carbonyl (C=O) groups is 1. The van der Waals surface area contributed by atoms with Crippen LogP contribution in [0.3, 0.4) is 0 Å². The van der Waals surface area contributed by atoms with Crippen LogP contribution >= 0.6 is 0 Å². The van der Waals surface area contributed by atoms with Crippen molar-refractivity contribution < 1.29 is 49.4 Å². The maximum atomic E-state index is 11.8. The molecule has 17 heavy (non-hydrogen) atoms. The van der Waals surface area contributed by atoms with E-state index < -0.39 is 35.6 Å². The molecule has 0 spiro atoms. The molecule has 0 aromatic rings. The highest BCUT2D eigenvalue weighted by atomic mass is 19.4. The Balaban J connectivity index is 6.27. The average Bonchev–Trinajstić information content (AvgIpc) is 1.91. The third kappa shape index (κ3) is 3.82. The Morgan fingerprint density at radius 1 is 0.706 bits per heavy atom. The van der Waals surface area contributed by atoms with Gasteiger partial charge < -0.3 is 5.11 Å². The van der Waals surface area contributed by atoms with Crippen LogP contribution in [0.4, 0.5) is 39.5 Å². The topological polar surface area (TPSA) is 37.3 Å². The minimum atomic E-state index is -6.48. The van der Waals surface area contributed by atoms with E-state index in [1.165, 1.54) is 0 Å². The fourth-order valence-corrected chi connectivity index (χ4v) is 0.814. The van der Waals surface area contributed by atoms with Crippen LogP contribution in [0, 0.1) is 0 Å².